The van der Waals surface area contributed by atoms with Crippen LogP contribution in [0.5, 0.6) is 0 Å². The van der Waals surface area contributed by atoms with E-state index in [0.717, 1.165) is 42.7 Å². The van der Waals surface area contributed by atoms with Crippen molar-refractivity contribution in [2.75, 3.05) is 17.1 Å². The number of benzene rings is 2. The second kappa shape index (κ2) is 12.1. The van der Waals surface area contributed by atoms with Crippen LogP contribution in [0.25, 0.3) is 0 Å². The molecule has 0 bridgehead atoms. The Morgan fingerprint density at radius 3 is 2.29 bits per heavy atom. The standard InChI is InChI=1S/C25H31Cl2N3O4S/c1-18(25(32)28-20-9-5-3-6-10-20)29(16-19-13-14-22(26)23(27)15-19)24(31)17-30(35(2,33)34)21-11-7-4-8-12-21/h4,7-8,11-15,18,20H,3,5-6,9-10,16-17H2,1-2H3,(H,28,32)/t18-/m0/s1. The molecular weight excluding hydrogens is 509 g/mol. The molecule has 0 saturated heterocycles. The molecular formula is C25H31Cl2N3O4S. The molecule has 10 heteroatoms. The molecule has 1 atom stereocenters. The van der Waals surface area contributed by atoms with Crippen LogP contribution in [0.3, 0.4) is 0 Å². The van der Waals surface area contributed by atoms with Gasteiger partial charge in [-0.1, -0.05) is 66.7 Å². The summed E-state index contributed by atoms with van der Waals surface area (Å²) in [6, 6.07) is 12.7. The maximum atomic E-state index is 13.5. The van der Waals surface area contributed by atoms with Crippen molar-refractivity contribution >= 4 is 50.7 Å². The lowest BCUT2D eigenvalue weighted by molar-refractivity contribution is -0.139. The van der Waals surface area contributed by atoms with Gasteiger partial charge in [0.15, 0.2) is 0 Å². The van der Waals surface area contributed by atoms with Gasteiger partial charge in [0.05, 0.1) is 22.0 Å². The summed E-state index contributed by atoms with van der Waals surface area (Å²) in [5, 5.41) is 3.77. The minimum Gasteiger partial charge on any atom is -0.352 e. The summed E-state index contributed by atoms with van der Waals surface area (Å²) >= 11 is 12.2. The molecule has 1 aliphatic rings. The molecule has 1 fully saturated rings. The maximum absolute atomic E-state index is 13.5. The molecule has 190 valence electrons. The summed E-state index contributed by atoms with van der Waals surface area (Å²) < 4.78 is 26.1. The summed E-state index contributed by atoms with van der Waals surface area (Å²) in [6.07, 6.45) is 6.15. The van der Waals surface area contributed by atoms with Crippen molar-refractivity contribution in [3.8, 4) is 0 Å². The van der Waals surface area contributed by atoms with Gasteiger partial charge in [-0.2, -0.15) is 0 Å². The number of carbonyl (C=O) groups excluding carboxylic acids is 2. The summed E-state index contributed by atoms with van der Waals surface area (Å²) in [6.45, 7) is 1.29. The van der Waals surface area contributed by atoms with E-state index in [1.165, 1.54) is 4.90 Å². The third-order valence-corrected chi connectivity index (χ3v) is 8.06. The fourth-order valence-corrected chi connectivity index (χ4v) is 5.36. The lowest BCUT2D eigenvalue weighted by Gasteiger charge is -2.33. The predicted octanol–water partition coefficient (Wildman–Crippen LogP) is 4.63. The van der Waals surface area contributed by atoms with Gasteiger partial charge in [0.25, 0.3) is 0 Å². The first kappa shape index (κ1) is 27.3. The molecule has 0 spiro atoms. The molecule has 0 radical (unpaired) electrons. The van der Waals surface area contributed by atoms with Gasteiger partial charge >= 0.3 is 0 Å². The van der Waals surface area contributed by atoms with Crippen LogP contribution >= 0.6 is 23.2 Å². The summed E-state index contributed by atoms with van der Waals surface area (Å²) in [5.74, 6) is -0.771. The van der Waals surface area contributed by atoms with E-state index in [1.54, 1.807) is 55.5 Å². The van der Waals surface area contributed by atoms with E-state index in [4.69, 9.17) is 23.2 Å². The first-order valence-corrected chi connectivity index (χ1v) is 14.2. The van der Waals surface area contributed by atoms with Crippen LogP contribution in [0.4, 0.5) is 5.69 Å². The highest BCUT2D eigenvalue weighted by Gasteiger charge is 2.31. The fraction of sp³-hybridized carbons (Fsp3) is 0.440. The highest BCUT2D eigenvalue weighted by Crippen LogP contribution is 2.25. The zero-order valence-electron chi connectivity index (χ0n) is 19.9. The van der Waals surface area contributed by atoms with E-state index in [9.17, 15) is 18.0 Å². The first-order chi connectivity index (χ1) is 16.6. The van der Waals surface area contributed by atoms with E-state index in [0.29, 0.717) is 21.3 Å². The number of hydrogen-bond acceptors (Lipinski definition) is 4. The van der Waals surface area contributed by atoms with Crippen LogP contribution in [0.15, 0.2) is 48.5 Å². The second-order valence-corrected chi connectivity index (χ2v) is 11.6. The number of rotatable bonds is 9. The largest absolute Gasteiger partial charge is 0.352 e. The number of sulfonamides is 1. The highest BCUT2D eigenvalue weighted by atomic mass is 35.5. The Hall–Kier alpha value is -2.29. The number of hydrogen-bond donors (Lipinski definition) is 1. The van der Waals surface area contributed by atoms with E-state index >= 15 is 0 Å². The predicted molar refractivity (Wildman–Crippen MR) is 140 cm³/mol. The molecule has 1 aliphatic carbocycles. The summed E-state index contributed by atoms with van der Waals surface area (Å²) in [7, 11) is -3.75. The van der Waals surface area contributed by atoms with Crippen molar-refractivity contribution in [3.05, 3.63) is 64.1 Å². The maximum Gasteiger partial charge on any atom is 0.244 e. The molecule has 35 heavy (non-hydrogen) atoms. The second-order valence-electron chi connectivity index (χ2n) is 8.89. The fourth-order valence-electron chi connectivity index (χ4n) is 4.19. The average molecular weight is 541 g/mol. The van der Waals surface area contributed by atoms with Crippen LogP contribution in [-0.4, -0.2) is 50.0 Å². The van der Waals surface area contributed by atoms with Gasteiger partial charge < -0.3 is 10.2 Å². The molecule has 0 heterocycles. The minimum atomic E-state index is -3.75. The number of amides is 2. The molecule has 0 aliphatic heterocycles. The zero-order valence-corrected chi connectivity index (χ0v) is 22.2. The quantitative estimate of drug-likeness (QED) is 0.503. The lowest BCUT2D eigenvalue weighted by Crippen LogP contribution is -2.52. The van der Waals surface area contributed by atoms with Gasteiger partial charge in [-0.15, -0.1) is 0 Å². The Kier molecular flexibility index (Phi) is 9.44. The normalized spacial score (nSPS) is 15.3. The molecule has 0 unspecified atom stereocenters. The third-order valence-electron chi connectivity index (χ3n) is 6.18. The van der Waals surface area contributed by atoms with Crippen molar-refractivity contribution < 1.29 is 18.0 Å². The van der Waals surface area contributed by atoms with Crippen molar-refractivity contribution in [3.63, 3.8) is 0 Å². The third kappa shape index (κ3) is 7.59. The van der Waals surface area contributed by atoms with Crippen molar-refractivity contribution in [1.29, 1.82) is 0 Å². The highest BCUT2D eigenvalue weighted by molar-refractivity contribution is 7.92. The Morgan fingerprint density at radius 2 is 1.69 bits per heavy atom. The van der Waals surface area contributed by atoms with Crippen LogP contribution in [0.1, 0.15) is 44.6 Å². The monoisotopic (exact) mass is 539 g/mol. The van der Waals surface area contributed by atoms with Crippen LogP contribution in [-0.2, 0) is 26.2 Å². The van der Waals surface area contributed by atoms with Gasteiger partial charge in [-0.3, -0.25) is 13.9 Å². The molecule has 3 rings (SSSR count). The number of carbonyl (C=O) groups is 2. The number of anilines is 1. The number of nitrogens with one attached hydrogen (secondary N) is 1. The molecule has 7 nitrogen and oxygen atoms in total. The van der Waals surface area contributed by atoms with Crippen LogP contribution in [0.2, 0.25) is 10.0 Å². The summed E-state index contributed by atoms with van der Waals surface area (Å²) in [5.41, 5.74) is 1.05. The average Bonchev–Trinajstić information content (AvgIpc) is 2.83. The van der Waals surface area contributed by atoms with Gasteiger partial charge in [-0.05, 0) is 49.6 Å². The molecule has 1 N–H and O–H groups in total. The van der Waals surface area contributed by atoms with E-state index in [-0.39, 0.29) is 18.5 Å². The first-order valence-electron chi connectivity index (χ1n) is 11.6. The smallest absolute Gasteiger partial charge is 0.244 e. The van der Waals surface area contributed by atoms with E-state index in [1.807, 2.05) is 0 Å². The number of halogens is 2. The van der Waals surface area contributed by atoms with Crippen molar-refractivity contribution in [1.82, 2.24) is 10.2 Å². The minimum absolute atomic E-state index is 0.0708. The molecule has 2 aromatic carbocycles. The molecule has 2 amide bonds. The van der Waals surface area contributed by atoms with E-state index in [2.05, 4.69) is 5.32 Å². The zero-order chi connectivity index (χ0) is 25.6. The number of nitrogens with zero attached hydrogens (tertiary/aromatic N) is 2. The van der Waals surface area contributed by atoms with Crippen LogP contribution in [0, 0.1) is 0 Å². The summed E-state index contributed by atoms with van der Waals surface area (Å²) in [4.78, 5) is 28.1. The topological polar surface area (TPSA) is 86.8 Å². The van der Waals surface area contributed by atoms with Crippen molar-refractivity contribution in [2.24, 2.45) is 0 Å². The van der Waals surface area contributed by atoms with Gasteiger partial charge in [0.2, 0.25) is 21.8 Å². The molecule has 0 aromatic heterocycles. The van der Waals surface area contributed by atoms with E-state index < -0.39 is 28.5 Å². The number of para-hydroxylation sites is 1. The van der Waals surface area contributed by atoms with Crippen LogP contribution < -0.4 is 9.62 Å². The Labute approximate surface area is 217 Å². The molecule has 1 saturated carbocycles. The SMILES string of the molecule is C[C@@H](C(=O)NC1CCCCC1)N(Cc1ccc(Cl)c(Cl)c1)C(=O)CN(c1ccccc1)S(C)(=O)=O. The van der Waals surface area contributed by atoms with Crippen molar-refractivity contribution in [2.45, 2.75) is 57.7 Å². The Bertz CT molecular complexity index is 1140. The Balaban J connectivity index is 1.87. The Morgan fingerprint density at radius 1 is 1.03 bits per heavy atom. The van der Waals surface area contributed by atoms with Gasteiger partial charge in [0, 0.05) is 12.6 Å². The lowest BCUT2D eigenvalue weighted by atomic mass is 9.95. The van der Waals surface area contributed by atoms with Gasteiger partial charge in [0.1, 0.15) is 12.6 Å². The molecule has 2 aromatic rings. The van der Waals surface area contributed by atoms with Gasteiger partial charge in [-0.25, -0.2) is 8.42 Å².